The van der Waals surface area contributed by atoms with Gasteiger partial charge in [0.1, 0.15) is 5.82 Å². The van der Waals surface area contributed by atoms with Crippen molar-refractivity contribution in [2.24, 2.45) is 7.05 Å². The van der Waals surface area contributed by atoms with Crippen LogP contribution in [-0.4, -0.2) is 31.1 Å². The van der Waals surface area contributed by atoms with Crippen LogP contribution in [0.4, 0.5) is 0 Å². The summed E-state index contributed by atoms with van der Waals surface area (Å²) in [5, 5.41) is 17.5. The van der Waals surface area contributed by atoms with Crippen molar-refractivity contribution in [2.75, 3.05) is 0 Å². The van der Waals surface area contributed by atoms with Crippen LogP contribution in [0.3, 0.4) is 0 Å². The lowest BCUT2D eigenvalue weighted by molar-refractivity contribution is -0.136. The molecule has 0 saturated carbocycles. The average Bonchev–Trinajstić information content (AvgIpc) is 2.48. The number of carboxylic acids is 1. The van der Waals surface area contributed by atoms with Crippen LogP contribution in [0.2, 0.25) is 0 Å². The monoisotopic (exact) mass is 229 g/mol. The molecule has 0 fully saturated rings. The van der Waals surface area contributed by atoms with Gasteiger partial charge in [-0.3, -0.25) is 4.79 Å². The molecule has 1 N–H and O–H groups in total. The van der Waals surface area contributed by atoms with Crippen molar-refractivity contribution in [1.82, 2.24) is 14.8 Å². The maximum Gasteiger partial charge on any atom is 0.304 e. The van der Waals surface area contributed by atoms with E-state index >= 15 is 0 Å². The minimum Gasteiger partial charge on any atom is -0.481 e. The average molecular weight is 229 g/mol. The van der Waals surface area contributed by atoms with Crippen molar-refractivity contribution in [2.45, 2.75) is 37.1 Å². The molecule has 5 nitrogen and oxygen atoms in total. The van der Waals surface area contributed by atoms with E-state index in [1.54, 1.807) is 0 Å². The lowest BCUT2D eigenvalue weighted by Gasteiger charge is -2.10. The molecule has 6 heteroatoms. The van der Waals surface area contributed by atoms with Crippen molar-refractivity contribution >= 4 is 17.7 Å². The van der Waals surface area contributed by atoms with Crippen LogP contribution < -0.4 is 0 Å². The van der Waals surface area contributed by atoms with Gasteiger partial charge in [0.2, 0.25) is 0 Å². The number of hydrogen-bond acceptors (Lipinski definition) is 4. The molecule has 0 bridgehead atoms. The van der Waals surface area contributed by atoms with Crippen molar-refractivity contribution in [1.29, 1.82) is 0 Å². The third-order valence-corrected chi connectivity index (χ3v) is 3.58. The molecule has 1 rings (SSSR count). The molecule has 0 saturated heterocycles. The molecule has 1 heterocycles. The Balaban J connectivity index is 2.66. The Morgan fingerprint density at radius 1 is 1.60 bits per heavy atom. The number of rotatable bonds is 5. The fourth-order valence-corrected chi connectivity index (χ4v) is 2.17. The Hall–Kier alpha value is -1.04. The second kappa shape index (κ2) is 5.16. The number of aromatic nitrogens is 3. The van der Waals surface area contributed by atoms with Crippen LogP contribution in [-0.2, 0) is 11.8 Å². The van der Waals surface area contributed by atoms with E-state index in [0.717, 1.165) is 17.4 Å². The van der Waals surface area contributed by atoms with Gasteiger partial charge in [0.25, 0.3) is 0 Å². The highest BCUT2D eigenvalue weighted by Gasteiger charge is 2.16. The summed E-state index contributed by atoms with van der Waals surface area (Å²) in [5.41, 5.74) is 0. The van der Waals surface area contributed by atoms with E-state index in [0.29, 0.717) is 0 Å². The maximum absolute atomic E-state index is 10.6. The number of carbonyl (C=O) groups is 1. The van der Waals surface area contributed by atoms with Crippen LogP contribution in [0.15, 0.2) is 5.16 Å². The van der Waals surface area contributed by atoms with Crippen molar-refractivity contribution < 1.29 is 9.90 Å². The Bertz CT molecular complexity index is 351. The summed E-state index contributed by atoms with van der Waals surface area (Å²) >= 11 is 1.47. The van der Waals surface area contributed by atoms with Crippen LogP contribution >= 0.6 is 11.8 Å². The summed E-state index contributed by atoms with van der Waals surface area (Å²) in [7, 11) is 1.88. The van der Waals surface area contributed by atoms with E-state index in [1.165, 1.54) is 11.8 Å². The minimum atomic E-state index is -0.770. The second-order valence-electron chi connectivity index (χ2n) is 3.33. The van der Waals surface area contributed by atoms with Gasteiger partial charge in [-0.2, -0.15) is 0 Å². The zero-order valence-corrected chi connectivity index (χ0v) is 9.91. The fraction of sp³-hybridized carbons (Fsp3) is 0.667. The number of aryl methyl sites for hydroxylation is 1. The molecule has 1 atom stereocenters. The number of aliphatic carboxylic acids is 1. The first-order valence-electron chi connectivity index (χ1n) is 4.79. The van der Waals surface area contributed by atoms with Crippen LogP contribution in [0.25, 0.3) is 0 Å². The third-order valence-electron chi connectivity index (χ3n) is 2.18. The number of thioether (sulfide) groups is 1. The van der Waals surface area contributed by atoms with Gasteiger partial charge < -0.3 is 9.67 Å². The Labute approximate surface area is 92.9 Å². The number of hydrogen-bond donors (Lipinski definition) is 1. The lowest BCUT2D eigenvalue weighted by Crippen LogP contribution is -2.10. The molecule has 0 aliphatic rings. The first-order chi connectivity index (χ1) is 7.04. The molecule has 0 aromatic carbocycles. The molecule has 0 spiro atoms. The summed E-state index contributed by atoms with van der Waals surface area (Å²) in [4.78, 5) is 10.6. The summed E-state index contributed by atoms with van der Waals surface area (Å²) in [5.74, 6) is 0.0657. The van der Waals surface area contributed by atoms with Gasteiger partial charge >= 0.3 is 5.97 Å². The van der Waals surface area contributed by atoms with Gasteiger partial charge in [0, 0.05) is 12.3 Å². The zero-order valence-electron chi connectivity index (χ0n) is 9.10. The molecule has 0 radical (unpaired) electrons. The Morgan fingerprint density at radius 2 is 2.27 bits per heavy atom. The molecular weight excluding hydrogens is 214 g/mol. The van der Waals surface area contributed by atoms with Gasteiger partial charge in [-0.1, -0.05) is 18.7 Å². The van der Waals surface area contributed by atoms with Crippen LogP contribution in [0, 0.1) is 6.92 Å². The molecule has 15 heavy (non-hydrogen) atoms. The summed E-state index contributed by atoms with van der Waals surface area (Å²) < 4.78 is 1.87. The van der Waals surface area contributed by atoms with E-state index < -0.39 is 5.97 Å². The van der Waals surface area contributed by atoms with Crippen LogP contribution in [0.1, 0.15) is 25.6 Å². The van der Waals surface area contributed by atoms with Crippen molar-refractivity contribution in [3.05, 3.63) is 5.82 Å². The normalized spacial score (nSPS) is 12.7. The van der Waals surface area contributed by atoms with Gasteiger partial charge in [-0.05, 0) is 13.3 Å². The second-order valence-corrected chi connectivity index (χ2v) is 4.60. The van der Waals surface area contributed by atoms with Crippen LogP contribution in [0.5, 0.6) is 0 Å². The molecule has 0 amide bonds. The van der Waals surface area contributed by atoms with E-state index in [-0.39, 0.29) is 11.7 Å². The Kier molecular flexibility index (Phi) is 4.14. The number of nitrogens with zero attached hydrogens (tertiary/aromatic N) is 3. The first kappa shape index (κ1) is 12.0. The minimum absolute atomic E-state index is 0.0600. The van der Waals surface area contributed by atoms with Gasteiger partial charge in [-0.25, -0.2) is 0 Å². The standard InChI is InChI=1S/C9H15N3O2S/c1-4-7(5-8(13)14)15-9-11-10-6(2)12(9)3/h7H,4-5H2,1-3H3,(H,13,14). The van der Waals surface area contributed by atoms with Gasteiger partial charge in [0.05, 0.1) is 6.42 Å². The van der Waals surface area contributed by atoms with E-state index in [1.807, 2.05) is 25.5 Å². The maximum atomic E-state index is 10.6. The summed E-state index contributed by atoms with van der Waals surface area (Å²) in [6, 6.07) is 0. The Morgan fingerprint density at radius 3 is 2.67 bits per heavy atom. The predicted octanol–water partition coefficient (Wildman–Crippen LogP) is 1.47. The van der Waals surface area contributed by atoms with E-state index in [4.69, 9.17) is 5.11 Å². The molecular formula is C9H15N3O2S. The fourth-order valence-electron chi connectivity index (χ4n) is 1.10. The topological polar surface area (TPSA) is 68.0 Å². The quantitative estimate of drug-likeness (QED) is 0.774. The molecule has 1 aromatic heterocycles. The summed E-state index contributed by atoms with van der Waals surface area (Å²) in [6.07, 6.45) is 0.968. The lowest BCUT2D eigenvalue weighted by atomic mass is 10.2. The highest BCUT2D eigenvalue weighted by atomic mass is 32.2. The van der Waals surface area contributed by atoms with Crippen molar-refractivity contribution in [3.63, 3.8) is 0 Å². The third kappa shape index (κ3) is 3.23. The molecule has 1 aromatic rings. The zero-order chi connectivity index (χ0) is 11.4. The smallest absolute Gasteiger partial charge is 0.304 e. The molecule has 0 aliphatic carbocycles. The first-order valence-corrected chi connectivity index (χ1v) is 5.67. The van der Waals surface area contributed by atoms with Gasteiger partial charge in [0.15, 0.2) is 5.16 Å². The predicted molar refractivity (Wildman–Crippen MR) is 57.9 cm³/mol. The molecule has 1 unspecified atom stereocenters. The SMILES string of the molecule is CCC(CC(=O)O)Sc1nnc(C)n1C. The molecule has 0 aliphatic heterocycles. The van der Waals surface area contributed by atoms with E-state index in [2.05, 4.69) is 10.2 Å². The largest absolute Gasteiger partial charge is 0.481 e. The highest BCUT2D eigenvalue weighted by molar-refractivity contribution is 7.99. The highest BCUT2D eigenvalue weighted by Crippen LogP contribution is 2.25. The number of carboxylic acid groups (broad SMARTS) is 1. The summed E-state index contributed by atoms with van der Waals surface area (Å²) in [6.45, 7) is 3.85. The van der Waals surface area contributed by atoms with Gasteiger partial charge in [-0.15, -0.1) is 10.2 Å². The van der Waals surface area contributed by atoms with E-state index in [9.17, 15) is 4.79 Å². The molecule has 84 valence electrons. The van der Waals surface area contributed by atoms with Crippen molar-refractivity contribution in [3.8, 4) is 0 Å².